The minimum atomic E-state index is -0.0621. The largest absolute Gasteiger partial charge is 0.494 e. The number of para-hydroxylation sites is 1. The van der Waals surface area contributed by atoms with Gasteiger partial charge in [0, 0.05) is 42.8 Å². The van der Waals surface area contributed by atoms with Gasteiger partial charge >= 0.3 is 0 Å². The molecule has 0 amide bonds. The van der Waals surface area contributed by atoms with Crippen molar-refractivity contribution in [3.8, 4) is 39.7 Å². The number of benzene rings is 4. The van der Waals surface area contributed by atoms with Crippen molar-refractivity contribution in [1.29, 1.82) is 0 Å². The van der Waals surface area contributed by atoms with Gasteiger partial charge in [0.2, 0.25) is 5.88 Å². The van der Waals surface area contributed by atoms with E-state index in [1.807, 2.05) is 17.4 Å². The molecule has 5 heteroatoms. The molecule has 242 valence electrons. The van der Waals surface area contributed by atoms with Crippen LogP contribution < -0.4 is 0 Å². The van der Waals surface area contributed by atoms with E-state index in [0.717, 1.165) is 77.4 Å². The molecule has 1 N–H and O–H groups in total. The van der Waals surface area contributed by atoms with Gasteiger partial charge in [0.25, 0.3) is 0 Å². The van der Waals surface area contributed by atoms with Gasteiger partial charge in [0.05, 0.1) is 16.9 Å². The molecule has 0 aliphatic rings. The first-order valence-corrected chi connectivity index (χ1v) is 16.3. The van der Waals surface area contributed by atoms with E-state index in [2.05, 4.69) is 139 Å². The first kappa shape index (κ1) is 32.0. The molecular weight excluding hydrogens is 770 g/mol. The fourth-order valence-electron chi connectivity index (χ4n) is 6.87. The third kappa shape index (κ3) is 5.09. The Morgan fingerprint density at radius 3 is 2.02 bits per heavy atom. The molecule has 0 atom stereocenters. The molecule has 0 radical (unpaired) electrons. The van der Waals surface area contributed by atoms with Gasteiger partial charge in [-0.25, -0.2) is 4.98 Å². The zero-order valence-corrected chi connectivity index (χ0v) is 30.6. The van der Waals surface area contributed by atoms with E-state index in [9.17, 15) is 5.11 Å². The van der Waals surface area contributed by atoms with Crippen molar-refractivity contribution in [3.05, 3.63) is 120 Å². The molecule has 0 spiro atoms. The molecule has 48 heavy (non-hydrogen) atoms. The van der Waals surface area contributed by atoms with Crippen molar-refractivity contribution in [2.75, 3.05) is 0 Å². The van der Waals surface area contributed by atoms with E-state index in [4.69, 9.17) is 9.97 Å². The van der Waals surface area contributed by atoms with E-state index in [0.29, 0.717) is 0 Å². The predicted octanol–water partition coefficient (Wildman–Crippen LogP) is 11.0. The van der Waals surface area contributed by atoms with E-state index in [1.54, 1.807) is 0 Å². The third-order valence-electron chi connectivity index (χ3n) is 9.64. The van der Waals surface area contributed by atoms with Gasteiger partial charge in [-0.15, -0.1) is 35.4 Å². The third-order valence-corrected chi connectivity index (χ3v) is 9.64. The second kappa shape index (κ2) is 11.3. The van der Waals surface area contributed by atoms with Crippen LogP contribution in [0.4, 0.5) is 0 Å². The Kier molecular flexibility index (Phi) is 7.53. The quantitative estimate of drug-likeness (QED) is 0.110. The summed E-state index contributed by atoms with van der Waals surface area (Å²) in [5, 5.41) is 17.0. The summed E-state index contributed by atoms with van der Waals surface area (Å²) in [6, 6.07) is 37.7. The molecule has 4 heterocycles. The van der Waals surface area contributed by atoms with Crippen LogP contribution >= 0.6 is 0 Å². The number of aryl methyl sites for hydroxylation is 1. The van der Waals surface area contributed by atoms with Crippen LogP contribution in [0.25, 0.3) is 71.9 Å². The topological polar surface area (TPSA) is 50.4 Å². The van der Waals surface area contributed by atoms with E-state index >= 15 is 0 Å². The Morgan fingerprint density at radius 1 is 0.646 bits per heavy atom. The van der Waals surface area contributed by atoms with Gasteiger partial charge in [0.15, 0.2) is 0 Å². The van der Waals surface area contributed by atoms with Gasteiger partial charge in [0.1, 0.15) is 5.65 Å². The number of fused-ring (bicyclic) bond motifs is 2. The van der Waals surface area contributed by atoms with Gasteiger partial charge in [-0.1, -0.05) is 102 Å². The first-order chi connectivity index (χ1) is 22.4. The fourth-order valence-corrected chi connectivity index (χ4v) is 6.87. The van der Waals surface area contributed by atoms with Crippen molar-refractivity contribution in [2.24, 2.45) is 0 Å². The summed E-state index contributed by atoms with van der Waals surface area (Å²) in [7, 11) is 0. The standard InChI is InChI=1S/C43H38N3O.Pt/c1-25-32-14-11-15-33-34-24-31(43(5,6)7)20-29-23-37(45-40(38(29)34)46(39(32)33)41(25)47)36-22-28(26-12-9-8-10-13-26)21-35(44-36)27-16-18-30(19-17-27)42(2,3)4;/h8-16,18-24,47H,1-7H3;/q-1;. The molecule has 0 bridgehead atoms. The molecule has 4 aromatic heterocycles. The maximum Gasteiger partial charge on any atom is 0.201 e. The second-order valence-corrected chi connectivity index (χ2v) is 14.9. The molecule has 0 saturated carbocycles. The van der Waals surface area contributed by atoms with Crippen molar-refractivity contribution in [1.82, 2.24) is 14.4 Å². The van der Waals surface area contributed by atoms with E-state index in [-0.39, 0.29) is 37.8 Å². The van der Waals surface area contributed by atoms with Crippen LogP contribution in [0.1, 0.15) is 58.2 Å². The molecular formula is C43H38N3OPt-. The summed E-state index contributed by atoms with van der Waals surface area (Å²) in [4.78, 5) is 10.6. The summed E-state index contributed by atoms with van der Waals surface area (Å²) >= 11 is 0. The van der Waals surface area contributed by atoms with Crippen LogP contribution in [-0.4, -0.2) is 19.5 Å². The van der Waals surface area contributed by atoms with E-state index < -0.39 is 0 Å². The zero-order valence-electron chi connectivity index (χ0n) is 28.3. The fraction of sp³-hybridized carbons (Fsp3) is 0.209. The number of pyridine rings is 3. The number of nitrogens with zero attached hydrogens (tertiary/aromatic N) is 3. The molecule has 0 unspecified atom stereocenters. The molecule has 4 aromatic carbocycles. The van der Waals surface area contributed by atoms with Crippen molar-refractivity contribution >= 4 is 38.1 Å². The van der Waals surface area contributed by atoms with Crippen LogP contribution in [0.5, 0.6) is 5.88 Å². The monoisotopic (exact) mass is 807 g/mol. The predicted molar refractivity (Wildman–Crippen MR) is 196 cm³/mol. The minimum Gasteiger partial charge on any atom is -0.494 e. The van der Waals surface area contributed by atoms with Gasteiger partial charge < -0.3 is 5.11 Å². The molecule has 8 aromatic rings. The summed E-state index contributed by atoms with van der Waals surface area (Å²) in [6.07, 6.45) is 0. The molecule has 0 saturated heterocycles. The maximum absolute atomic E-state index is 11.6. The van der Waals surface area contributed by atoms with Crippen molar-refractivity contribution < 1.29 is 26.2 Å². The van der Waals surface area contributed by atoms with Gasteiger partial charge in [-0.05, 0) is 69.1 Å². The number of hydrogen-bond donors (Lipinski definition) is 1. The normalized spacial score (nSPS) is 12.4. The maximum atomic E-state index is 11.6. The average Bonchev–Trinajstić information content (AvgIpc) is 3.32. The molecule has 0 fully saturated rings. The molecule has 4 nitrogen and oxygen atoms in total. The zero-order chi connectivity index (χ0) is 32.8. The summed E-state index contributed by atoms with van der Waals surface area (Å²) in [5.41, 5.74) is 10.5. The minimum absolute atomic E-state index is 0. The second-order valence-electron chi connectivity index (χ2n) is 14.9. The van der Waals surface area contributed by atoms with Crippen LogP contribution in [0, 0.1) is 13.0 Å². The SMILES string of the molecule is Cc1c(O)n2c3nc(-c4cc(-c5ccccc5)cc(-c5[c-]cc(C(C)(C)C)cc5)n4)cc4cc(C(C)(C)C)cc(c5cccc1c52)c43.[Pt]. The van der Waals surface area contributed by atoms with Crippen molar-refractivity contribution in [2.45, 2.75) is 59.3 Å². The van der Waals surface area contributed by atoms with Gasteiger partial charge in [-0.3, -0.25) is 9.38 Å². The summed E-state index contributed by atoms with van der Waals surface area (Å²) in [5.74, 6) is 0.226. The number of rotatable bonds is 3. The van der Waals surface area contributed by atoms with Crippen LogP contribution in [0.3, 0.4) is 0 Å². The number of aromatic hydroxyl groups is 1. The Hall–Kier alpha value is -4.53. The molecule has 0 aliphatic carbocycles. The van der Waals surface area contributed by atoms with Crippen LogP contribution in [0.15, 0.2) is 97.1 Å². The van der Waals surface area contributed by atoms with Crippen LogP contribution in [0.2, 0.25) is 0 Å². The van der Waals surface area contributed by atoms with E-state index in [1.165, 1.54) is 11.1 Å². The Bertz CT molecular complexity index is 2480. The first-order valence-electron chi connectivity index (χ1n) is 16.3. The summed E-state index contributed by atoms with van der Waals surface area (Å²) < 4.78 is 1.94. The Labute approximate surface area is 296 Å². The van der Waals surface area contributed by atoms with Gasteiger partial charge in [-0.2, -0.15) is 0 Å². The van der Waals surface area contributed by atoms with Crippen molar-refractivity contribution in [3.63, 3.8) is 0 Å². The average molecular weight is 808 g/mol. The number of aromatic nitrogens is 3. The summed E-state index contributed by atoms with van der Waals surface area (Å²) in [6.45, 7) is 15.4. The Morgan fingerprint density at radius 2 is 1.33 bits per heavy atom. The number of hydrogen-bond acceptors (Lipinski definition) is 3. The molecule has 8 rings (SSSR count). The molecule has 0 aliphatic heterocycles. The smallest absolute Gasteiger partial charge is 0.201 e. The van der Waals surface area contributed by atoms with Crippen LogP contribution in [-0.2, 0) is 31.9 Å². The Balaban J connectivity index is 0.00000364.